The van der Waals surface area contributed by atoms with Gasteiger partial charge in [0.05, 0.1) is 30.7 Å². The number of fused-ring (bicyclic) bond motifs is 2. The van der Waals surface area contributed by atoms with E-state index in [1.54, 1.807) is 37.4 Å². The van der Waals surface area contributed by atoms with Crippen LogP contribution in [0.4, 0.5) is 0 Å². The Morgan fingerprint density at radius 1 is 1.22 bits per heavy atom. The average molecular weight is 386 g/mol. The van der Waals surface area contributed by atoms with E-state index in [2.05, 4.69) is 0 Å². The van der Waals surface area contributed by atoms with Crippen molar-refractivity contribution in [2.24, 2.45) is 0 Å². The van der Waals surface area contributed by atoms with Crippen LogP contribution >= 0.6 is 11.6 Å². The Bertz CT molecular complexity index is 1110. The molecule has 0 bridgehead atoms. The van der Waals surface area contributed by atoms with Gasteiger partial charge in [-0.1, -0.05) is 23.7 Å². The molecule has 0 saturated heterocycles. The quantitative estimate of drug-likeness (QED) is 0.746. The Hall–Kier alpha value is -2.83. The Labute approximate surface area is 159 Å². The number of aliphatic hydroxyl groups is 1. The molecule has 2 heterocycles. The lowest BCUT2D eigenvalue weighted by Gasteiger charge is -2.24. The van der Waals surface area contributed by atoms with Crippen LogP contribution in [0.1, 0.15) is 27.7 Å². The highest BCUT2D eigenvalue weighted by atomic mass is 35.5. The molecular weight excluding hydrogens is 370 g/mol. The maximum Gasteiger partial charge on any atom is 0.290 e. The number of β-amino-alcohol motifs (C(OH)–C–C–N with tert-alkyl or cyclic N) is 1. The van der Waals surface area contributed by atoms with Crippen molar-refractivity contribution in [2.75, 3.05) is 20.3 Å². The predicted octanol–water partition coefficient (Wildman–Crippen LogP) is 2.99. The molecule has 7 heteroatoms. The van der Waals surface area contributed by atoms with Crippen molar-refractivity contribution in [1.29, 1.82) is 0 Å². The van der Waals surface area contributed by atoms with E-state index >= 15 is 0 Å². The molecule has 1 amide bonds. The summed E-state index contributed by atoms with van der Waals surface area (Å²) in [6.07, 6.45) is 0. The van der Waals surface area contributed by atoms with Crippen molar-refractivity contribution in [3.05, 3.63) is 74.6 Å². The fourth-order valence-electron chi connectivity index (χ4n) is 3.49. The number of methoxy groups -OCH3 is 1. The third-order valence-corrected chi connectivity index (χ3v) is 4.91. The lowest BCUT2D eigenvalue weighted by atomic mass is 9.98. The number of hydrogen-bond donors (Lipinski definition) is 1. The van der Waals surface area contributed by atoms with Gasteiger partial charge in [-0.25, -0.2) is 0 Å². The minimum atomic E-state index is -0.672. The second-order valence-electron chi connectivity index (χ2n) is 6.22. The number of carbonyl (C=O) groups excluding carboxylic acids is 1. The molecule has 0 unspecified atom stereocenters. The SMILES string of the molecule is COc1cccc([C@@H]2c3c(oc4ccc(Cl)cc4c3=O)C(=O)N2CCO)c1. The van der Waals surface area contributed by atoms with Gasteiger partial charge in [0.25, 0.3) is 5.91 Å². The standard InChI is InChI=1S/C20H16ClNO5/c1-26-13-4-2-3-11(9-13)17-16-18(24)14-10-12(21)5-6-15(14)27-19(16)20(25)22(17)7-8-23/h2-6,9-10,17,23H,7-8H2,1H3/t17-/m1/s1. The molecule has 0 fully saturated rings. The van der Waals surface area contributed by atoms with Gasteiger partial charge in [0.1, 0.15) is 11.3 Å². The van der Waals surface area contributed by atoms with Gasteiger partial charge in [0.15, 0.2) is 5.43 Å². The number of nitrogens with zero attached hydrogens (tertiary/aromatic N) is 1. The van der Waals surface area contributed by atoms with Gasteiger partial charge >= 0.3 is 0 Å². The van der Waals surface area contributed by atoms with E-state index in [0.717, 1.165) is 0 Å². The number of carbonyl (C=O) groups is 1. The molecule has 0 radical (unpaired) electrons. The number of halogens is 1. The van der Waals surface area contributed by atoms with Crippen molar-refractivity contribution in [1.82, 2.24) is 4.90 Å². The summed E-state index contributed by atoms with van der Waals surface area (Å²) in [6.45, 7) is -0.165. The molecule has 3 aromatic rings. The highest BCUT2D eigenvalue weighted by Crippen LogP contribution is 2.38. The first-order valence-electron chi connectivity index (χ1n) is 8.37. The molecule has 0 spiro atoms. The van der Waals surface area contributed by atoms with Crippen molar-refractivity contribution < 1.29 is 19.1 Å². The van der Waals surface area contributed by atoms with Gasteiger partial charge in [-0.15, -0.1) is 0 Å². The van der Waals surface area contributed by atoms with Crippen LogP contribution in [0.2, 0.25) is 5.02 Å². The second-order valence-corrected chi connectivity index (χ2v) is 6.65. The Kier molecular flexibility index (Phi) is 4.37. The van der Waals surface area contributed by atoms with Crippen LogP contribution in [0.5, 0.6) is 5.75 Å². The van der Waals surface area contributed by atoms with E-state index in [9.17, 15) is 14.7 Å². The van der Waals surface area contributed by atoms with Crippen molar-refractivity contribution in [3.8, 4) is 5.75 Å². The molecule has 27 heavy (non-hydrogen) atoms. The molecule has 138 valence electrons. The number of benzene rings is 2. The summed E-state index contributed by atoms with van der Waals surface area (Å²) < 4.78 is 11.0. The topological polar surface area (TPSA) is 80.0 Å². The van der Waals surface area contributed by atoms with Gasteiger partial charge in [-0.05, 0) is 35.9 Å². The van der Waals surface area contributed by atoms with Crippen LogP contribution in [-0.4, -0.2) is 36.2 Å². The summed E-state index contributed by atoms with van der Waals surface area (Å²) in [5, 5.41) is 10.2. The van der Waals surface area contributed by atoms with E-state index in [1.807, 2.05) is 6.07 Å². The molecule has 1 aliphatic rings. The van der Waals surface area contributed by atoms with E-state index < -0.39 is 11.9 Å². The monoisotopic (exact) mass is 385 g/mol. The van der Waals surface area contributed by atoms with Crippen LogP contribution in [0.15, 0.2) is 51.7 Å². The van der Waals surface area contributed by atoms with Crippen LogP contribution in [0, 0.1) is 0 Å². The first-order valence-corrected chi connectivity index (χ1v) is 8.75. The Balaban J connectivity index is 2.01. The zero-order valence-corrected chi connectivity index (χ0v) is 15.2. The number of hydrogen-bond acceptors (Lipinski definition) is 5. The van der Waals surface area contributed by atoms with E-state index in [-0.39, 0.29) is 29.9 Å². The van der Waals surface area contributed by atoms with Crippen molar-refractivity contribution in [2.45, 2.75) is 6.04 Å². The van der Waals surface area contributed by atoms with Gasteiger partial charge in [0.2, 0.25) is 5.76 Å². The third kappa shape index (κ3) is 2.78. The van der Waals surface area contributed by atoms with E-state index in [0.29, 0.717) is 27.3 Å². The molecule has 0 aliphatic carbocycles. The Morgan fingerprint density at radius 3 is 2.78 bits per heavy atom. The first-order chi connectivity index (χ1) is 13.0. The van der Waals surface area contributed by atoms with Crippen LogP contribution in [0.25, 0.3) is 11.0 Å². The molecular formula is C20H16ClNO5. The number of aliphatic hydroxyl groups excluding tert-OH is 1. The van der Waals surface area contributed by atoms with Crippen molar-refractivity contribution >= 4 is 28.5 Å². The highest BCUT2D eigenvalue weighted by molar-refractivity contribution is 6.31. The summed E-state index contributed by atoms with van der Waals surface area (Å²) in [6, 6.07) is 11.2. The molecule has 1 aromatic heterocycles. The van der Waals surface area contributed by atoms with E-state index in [1.165, 1.54) is 11.0 Å². The smallest absolute Gasteiger partial charge is 0.290 e. The first kappa shape index (κ1) is 17.6. The molecule has 1 atom stereocenters. The number of amides is 1. The Morgan fingerprint density at radius 2 is 2.04 bits per heavy atom. The number of rotatable bonds is 4. The molecule has 2 aromatic carbocycles. The van der Waals surface area contributed by atoms with Gasteiger partial charge < -0.3 is 19.2 Å². The van der Waals surface area contributed by atoms with Crippen LogP contribution < -0.4 is 10.2 Å². The maximum atomic E-state index is 13.2. The van der Waals surface area contributed by atoms with Gasteiger partial charge in [-0.3, -0.25) is 9.59 Å². The zero-order valence-electron chi connectivity index (χ0n) is 14.4. The minimum Gasteiger partial charge on any atom is -0.497 e. The fourth-order valence-corrected chi connectivity index (χ4v) is 3.66. The molecule has 0 saturated carbocycles. The van der Waals surface area contributed by atoms with Crippen molar-refractivity contribution in [3.63, 3.8) is 0 Å². The molecule has 6 nitrogen and oxygen atoms in total. The summed E-state index contributed by atoms with van der Waals surface area (Å²) in [5.41, 5.74) is 0.933. The van der Waals surface area contributed by atoms with Crippen LogP contribution in [0.3, 0.4) is 0 Å². The number of ether oxygens (including phenoxy) is 1. The predicted molar refractivity (Wildman–Crippen MR) is 100 cm³/mol. The van der Waals surface area contributed by atoms with Crippen LogP contribution in [-0.2, 0) is 0 Å². The lowest BCUT2D eigenvalue weighted by Crippen LogP contribution is -2.32. The van der Waals surface area contributed by atoms with Gasteiger partial charge in [0, 0.05) is 11.6 Å². The second kappa shape index (κ2) is 6.72. The summed E-state index contributed by atoms with van der Waals surface area (Å²) in [7, 11) is 1.54. The largest absolute Gasteiger partial charge is 0.497 e. The highest BCUT2D eigenvalue weighted by Gasteiger charge is 2.42. The maximum absolute atomic E-state index is 13.2. The molecule has 1 aliphatic heterocycles. The minimum absolute atomic E-state index is 0.00362. The summed E-state index contributed by atoms with van der Waals surface area (Å²) in [5.74, 6) is 0.169. The summed E-state index contributed by atoms with van der Waals surface area (Å²) >= 11 is 6.03. The fraction of sp³-hybridized carbons (Fsp3) is 0.200. The normalized spacial score (nSPS) is 16.0. The molecule has 1 N–H and O–H groups in total. The zero-order chi connectivity index (χ0) is 19.1. The molecule has 4 rings (SSSR count). The van der Waals surface area contributed by atoms with E-state index in [4.69, 9.17) is 20.8 Å². The van der Waals surface area contributed by atoms with Gasteiger partial charge in [-0.2, -0.15) is 0 Å². The summed E-state index contributed by atoms with van der Waals surface area (Å²) in [4.78, 5) is 27.6. The lowest BCUT2D eigenvalue weighted by molar-refractivity contribution is 0.0691. The third-order valence-electron chi connectivity index (χ3n) is 4.68. The average Bonchev–Trinajstić information content (AvgIpc) is 2.95.